The molecule has 0 saturated heterocycles. The van der Waals surface area contributed by atoms with Gasteiger partial charge in [0, 0.05) is 12.6 Å². The average Bonchev–Trinajstić information content (AvgIpc) is 2.76. The van der Waals surface area contributed by atoms with Crippen molar-refractivity contribution in [2.75, 3.05) is 6.54 Å². The number of benzene rings is 1. The Morgan fingerprint density at radius 1 is 1.33 bits per heavy atom. The van der Waals surface area contributed by atoms with Gasteiger partial charge >= 0.3 is 0 Å². The molecule has 21 heavy (non-hydrogen) atoms. The van der Waals surface area contributed by atoms with Crippen LogP contribution in [0.4, 0.5) is 5.69 Å². The molecule has 1 saturated carbocycles. The van der Waals surface area contributed by atoms with Crippen molar-refractivity contribution >= 4 is 27.5 Å². The lowest BCUT2D eigenvalue weighted by Crippen LogP contribution is -2.27. The second-order valence-corrected chi connectivity index (χ2v) is 7.39. The summed E-state index contributed by atoms with van der Waals surface area (Å²) in [7, 11) is 0. The highest BCUT2D eigenvalue weighted by molar-refractivity contribution is 9.10. The van der Waals surface area contributed by atoms with Crippen LogP contribution in [0.2, 0.25) is 0 Å². The van der Waals surface area contributed by atoms with Crippen molar-refractivity contribution in [3.63, 3.8) is 0 Å². The zero-order valence-corrected chi connectivity index (χ0v) is 14.2. The maximum Gasteiger partial charge on any atom is 0.284 e. The molecule has 1 aliphatic rings. The molecule has 0 atom stereocenters. The van der Waals surface area contributed by atoms with Gasteiger partial charge in [0.25, 0.3) is 11.6 Å². The Morgan fingerprint density at radius 2 is 1.90 bits per heavy atom. The van der Waals surface area contributed by atoms with E-state index in [1.54, 1.807) is 6.07 Å². The molecule has 0 unspecified atom stereocenters. The summed E-state index contributed by atoms with van der Waals surface area (Å²) < 4.78 is 0.224. The lowest BCUT2D eigenvalue weighted by Gasteiger charge is -2.08. The van der Waals surface area contributed by atoms with Crippen molar-refractivity contribution in [2.45, 2.75) is 27.7 Å². The number of nitro benzene ring substituents is 1. The molecule has 0 aromatic heterocycles. The zero-order valence-electron chi connectivity index (χ0n) is 12.6. The number of nitrogens with zero attached hydrogens (tertiary/aromatic N) is 1. The van der Waals surface area contributed by atoms with Crippen molar-refractivity contribution in [3.05, 3.63) is 38.3 Å². The lowest BCUT2D eigenvalue weighted by molar-refractivity contribution is -0.385. The predicted octanol–water partition coefficient (Wildman–Crippen LogP) is 3.77. The first-order valence-corrected chi connectivity index (χ1v) is 7.61. The van der Waals surface area contributed by atoms with E-state index in [-0.39, 0.29) is 26.9 Å². The largest absolute Gasteiger partial charge is 0.352 e. The highest BCUT2D eigenvalue weighted by Gasteiger charge is 2.64. The van der Waals surface area contributed by atoms with Crippen LogP contribution in [0.5, 0.6) is 0 Å². The first kappa shape index (κ1) is 15.9. The fourth-order valence-electron chi connectivity index (χ4n) is 2.97. The second-order valence-electron chi connectivity index (χ2n) is 6.60. The minimum atomic E-state index is -0.506. The van der Waals surface area contributed by atoms with Crippen molar-refractivity contribution in [1.82, 2.24) is 5.32 Å². The Labute approximate surface area is 132 Å². The number of rotatable bonds is 4. The normalized spacial score (nSPS) is 19.1. The van der Waals surface area contributed by atoms with Crippen LogP contribution < -0.4 is 5.32 Å². The quantitative estimate of drug-likeness (QED) is 0.660. The van der Waals surface area contributed by atoms with Crippen molar-refractivity contribution in [2.24, 2.45) is 16.7 Å². The third-order valence-electron chi connectivity index (χ3n) is 5.21. The summed E-state index contributed by atoms with van der Waals surface area (Å²) in [6.07, 6.45) is 0. The fraction of sp³-hybridized carbons (Fsp3) is 0.533. The minimum Gasteiger partial charge on any atom is -0.352 e. The standard InChI is InChI=1S/C15H19BrN2O3/c1-14(2)11(15(14,3)4)8-17-13(19)9-6-5-7-10(12(9)16)18(20)21/h5-7,11H,8H2,1-4H3,(H,17,19). The zero-order chi connectivity index (χ0) is 16.0. The molecule has 0 spiro atoms. The van der Waals surface area contributed by atoms with E-state index in [0.717, 1.165) is 0 Å². The summed E-state index contributed by atoms with van der Waals surface area (Å²) in [6.45, 7) is 9.33. The van der Waals surface area contributed by atoms with E-state index in [9.17, 15) is 14.9 Å². The van der Waals surface area contributed by atoms with E-state index < -0.39 is 4.92 Å². The Balaban J connectivity index is 2.09. The summed E-state index contributed by atoms with van der Waals surface area (Å²) in [5.41, 5.74) is 0.579. The van der Waals surface area contributed by atoms with Gasteiger partial charge in [-0.25, -0.2) is 0 Å². The van der Waals surface area contributed by atoms with Gasteiger partial charge in [0.05, 0.1) is 10.5 Å². The highest BCUT2D eigenvalue weighted by Crippen LogP contribution is 2.67. The maximum absolute atomic E-state index is 12.2. The Hall–Kier alpha value is -1.43. The number of nitrogens with one attached hydrogen (secondary N) is 1. The molecule has 114 valence electrons. The number of hydrogen-bond donors (Lipinski definition) is 1. The molecule has 0 bridgehead atoms. The summed E-state index contributed by atoms with van der Waals surface area (Å²) in [5.74, 6) is 0.121. The summed E-state index contributed by atoms with van der Waals surface area (Å²) in [4.78, 5) is 22.6. The van der Waals surface area contributed by atoms with Gasteiger partial charge in [0.2, 0.25) is 0 Å². The van der Waals surface area contributed by atoms with Gasteiger partial charge in [-0.05, 0) is 38.7 Å². The van der Waals surface area contributed by atoms with Gasteiger partial charge in [0.1, 0.15) is 4.47 Å². The number of carbonyl (C=O) groups is 1. The number of amides is 1. The Kier molecular flexibility index (Phi) is 3.86. The number of halogens is 1. The van der Waals surface area contributed by atoms with E-state index in [2.05, 4.69) is 48.9 Å². The smallest absolute Gasteiger partial charge is 0.284 e. The first-order chi connectivity index (χ1) is 9.60. The van der Waals surface area contributed by atoms with Crippen LogP contribution in [0.15, 0.2) is 22.7 Å². The third kappa shape index (κ3) is 2.57. The monoisotopic (exact) mass is 354 g/mol. The molecule has 1 amide bonds. The van der Waals surface area contributed by atoms with E-state index in [1.807, 2.05) is 0 Å². The predicted molar refractivity (Wildman–Crippen MR) is 84.2 cm³/mol. The molecule has 0 heterocycles. The Morgan fingerprint density at radius 3 is 2.38 bits per heavy atom. The Bertz CT molecular complexity index is 597. The van der Waals surface area contributed by atoms with E-state index in [0.29, 0.717) is 18.0 Å². The summed E-state index contributed by atoms with van der Waals surface area (Å²) >= 11 is 3.15. The van der Waals surface area contributed by atoms with Gasteiger partial charge in [-0.1, -0.05) is 33.8 Å². The highest BCUT2D eigenvalue weighted by atomic mass is 79.9. The van der Waals surface area contributed by atoms with Crippen LogP contribution in [-0.4, -0.2) is 17.4 Å². The number of carbonyl (C=O) groups excluding carboxylic acids is 1. The molecule has 6 heteroatoms. The molecule has 1 aromatic carbocycles. The van der Waals surface area contributed by atoms with Crippen LogP contribution in [0.3, 0.4) is 0 Å². The minimum absolute atomic E-state index is 0.102. The first-order valence-electron chi connectivity index (χ1n) is 6.82. The molecule has 0 radical (unpaired) electrons. The lowest BCUT2D eigenvalue weighted by atomic mass is 10.0. The average molecular weight is 355 g/mol. The van der Waals surface area contributed by atoms with E-state index in [1.165, 1.54) is 12.1 Å². The fourth-order valence-corrected chi connectivity index (χ4v) is 3.56. The van der Waals surface area contributed by atoms with Crippen LogP contribution in [0.25, 0.3) is 0 Å². The van der Waals surface area contributed by atoms with Crippen LogP contribution >= 0.6 is 15.9 Å². The molecule has 1 N–H and O–H groups in total. The molecule has 1 aromatic rings. The van der Waals surface area contributed by atoms with Crippen LogP contribution in [0, 0.1) is 26.9 Å². The van der Waals surface area contributed by atoms with Crippen molar-refractivity contribution in [1.29, 1.82) is 0 Å². The maximum atomic E-state index is 12.2. The van der Waals surface area contributed by atoms with Crippen molar-refractivity contribution < 1.29 is 9.72 Å². The van der Waals surface area contributed by atoms with E-state index >= 15 is 0 Å². The summed E-state index contributed by atoms with van der Waals surface area (Å²) in [6, 6.07) is 4.46. The van der Waals surface area contributed by atoms with Crippen LogP contribution in [-0.2, 0) is 0 Å². The molecule has 1 fully saturated rings. The van der Waals surface area contributed by atoms with Gasteiger partial charge in [-0.3, -0.25) is 14.9 Å². The second kappa shape index (κ2) is 5.09. The summed E-state index contributed by atoms with van der Waals surface area (Å²) in [5, 5.41) is 13.8. The van der Waals surface area contributed by atoms with E-state index in [4.69, 9.17) is 0 Å². The number of nitro groups is 1. The molecular formula is C15H19BrN2O3. The molecular weight excluding hydrogens is 336 g/mol. The van der Waals surface area contributed by atoms with Crippen LogP contribution in [0.1, 0.15) is 38.1 Å². The molecule has 0 aliphatic heterocycles. The number of hydrogen-bond acceptors (Lipinski definition) is 3. The SMILES string of the molecule is CC1(C)C(CNC(=O)c2cccc([N+](=O)[O-])c2Br)C1(C)C. The van der Waals surface area contributed by atoms with Crippen molar-refractivity contribution in [3.8, 4) is 0 Å². The third-order valence-corrected chi connectivity index (χ3v) is 6.04. The molecule has 5 nitrogen and oxygen atoms in total. The molecule has 2 rings (SSSR count). The topological polar surface area (TPSA) is 72.2 Å². The van der Waals surface area contributed by atoms with Gasteiger partial charge < -0.3 is 5.32 Å². The van der Waals surface area contributed by atoms with Gasteiger partial charge in [-0.2, -0.15) is 0 Å². The van der Waals surface area contributed by atoms with Gasteiger partial charge in [0.15, 0.2) is 0 Å². The molecule has 1 aliphatic carbocycles. The van der Waals surface area contributed by atoms with Gasteiger partial charge in [-0.15, -0.1) is 0 Å².